The first-order chi connectivity index (χ1) is 16.7. The number of nitrogens with zero attached hydrogens (tertiary/aromatic N) is 1. The molecule has 2 atom stereocenters. The lowest BCUT2D eigenvalue weighted by Gasteiger charge is -2.37. The van der Waals surface area contributed by atoms with Gasteiger partial charge in [-0.25, -0.2) is 0 Å². The summed E-state index contributed by atoms with van der Waals surface area (Å²) < 4.78 is 16.9. The molecule has 0 heterocycles. The number of benzene rings is 3. The number of methoxy groups -OCH3 is 2. The Hall–Kier alpha value is -3.31. The Morgan fingerprint density at radius 1 is 0.829 bits per heavy atom. The maximum Gasteiger partial charge on any atom is 0.308 e. The van der Waals surface area contributed by atoms with Gasteiger partial charge in [0.15, 0.2) is 0 Å². The zero-order valence-corrected chi connectivity index (χ0v) is 21.7. The van der Waals surface area contributed by atoms with Crippen molar-refractivity contribution in [1.82, 2.24) is 4.90 Å². The van der Waals surface area contributed by atoms with E-state index in [4.69, 9.17) is 14.2 Å². The number of rotatable bonds is 10. The van der Waals surface area contributed by atoms with Gasteiger partial charge in [-0.2, -0.15) is 0 Å². The fraction of sp³-hybridized carbons (Fsp3) is 0.367. The summed E-state index contributed by atoms with van der Waals surface area (Å²) in [5, 5.41) is 0. The molecule has 0 aliphatic heterocycles. The predicted octanol–water partition coefficient (Wildman–Crippen LogP) is 6.74. The first-order valence-corrected chi connectivity index (χ1v) is 12.0. The first kappa shape index (κ1) is 26.3. The summed E-state index contributed by atoms with van der Waals surface area (Å²) in [5.41, 5.74) is 2.71. The van der Waals surface area contributed by atoms with E-state index in [2.05, 4.69) is 36.1 Å². The van der Waals surface area contributed by atoms with Crippen LogP contribution >= 0.6 is 0 Å². The predicted molar refractivity (Wildman–Crippen MR) is 140 cm³/mol. The molecular weight excluding hydrogens is 438 g/mol. The molecule has 0 radical (unpaired) electrons. The van der Waals surface area contributed by atoms with Crippen LogP contribution in [-0.2, 0) is 16.1 Å². The third kappa shape index (κ3) is 7.59. The van der Waals surface area contributed by atoms with Crippen molar-refractivity contribution in [2.24, 2.45) is 0 Å². The average Bonchev–Trinajstić information content (AvgIpc) is 2.85. The van der Waals surface area contributed by atoms with E-state index in [1.54, 1.807) is 14.2 Å². The summed E-state index contributed by atoms with van der Waals surface area (Å²) in [6.45, 7) is 8.51. The van der Waals surface area contributed by atoms with Crippen LogP contribution < -0.4 is 9.47 Å². The summed E-state index contributed by atoms with van der Waals surface area (Å²) >= 11 is 0. The molecule has 3 aromatic rings. The molecule has 0 fully saturated rings. The lowest BCUT2D eigenvalue weighted by Crippen LogP contribution is -2.34. The smallest absolute Gasteiger partial charge is 0.308 e. The highest BCUT2D eigenvalue weighted by atomic mass is 16.6. The lowest BCUT2D eigenvalue weighted by molar-refractivity contribution is -0.156. The van der Waals surface area contributed by atoms with Crippen LogP contribution in [0.3, 0.4) is 0 Å². The topological polar surface area (TPSA) is 48.0 Å². The second-order valence-corrected chi connectivity index (χ2v) is 9.70. The minimum absolute atomic E-state index is 0.0287. The third-order valence-electron chi connectivity index (χ3n) is 5.93. The summed E-state index contributed by atoms with van der Waals surface area (Å²) in [6, 6.07) is 26.2. The molecule has 0 N–H and O–H groups in total. The minimum atomic E-state index is -0.566. The molecule has 186 valence electrons. The highest BCUT2D eigenvalue weighted by molar-refractivity contribution is 5.71. The van der Waals surface area contributed by atoms with Crippen molar-refractivity contribution in [2.75, 3.05) is 14.2 Å². The van der Waals surface area contributed by atoms with Gasteiger partial charge in [0.1, 0.15) is 17.1 Å². The standard InChI is InChI=1S/C30H37NO4/c1-22(24-15-11-8-12-16-24)31(21-23-13-9-7-10-14-23)28(20-29(32)35-30(2,3)4)25-17-26(33-5)19-27(18-25)34-6/h7-19,22,28H,20-21H2,1-6H3/t22-,28-/m0/s1. The largest absolute Gasteiger partial charge is 0.497 e. The Labute approximate surface area is 209 Å². The van der Waals surface area contributed by atoms with Crippen molar-refractivity contribution < 1.29 is 19.0 Å². The number of hydrogen-bond acceptors (Lipinski definition) is 5. The summed E-state index contributed by atoms with van der Waals surface area (Å²) in [7, 11) is 3.27. The maximum atomic E-state index is 13.2. The second-order valence-electron chi connectivity index (χ2n) is 9.70. The number of esters is 1. The van der Waals surface area contributed by atoms with Gasteiger partial charge in [0.25, 0.3) is 0 Å². The van der Waals surface area contributed by atoms with Gasteiger partial charge >= 0.3 is 5.97 Å². The second kappa shape index (κ2) is 11.9. The molecule has 5 heteroatoms. The molecule has 0 aliphatic carbocycles. The minimum Gasteiger partial charge on any atom is -0.497 e. The highest BCUT2D eigenvalue weighted by Gasteiger charge is 2.31. The Morgan fingerprint density at radius 3 is 1.89 bits per heavy atom. The van der Waals surface area contributed by atoms with E-state index < -0.39 is 5.60 Å². The fourth-order valence-corrected chi connectivity index (χ4v) is 4.22. The van der Waals surface area contributed by atoms with E-state index in [1.165, 1.54) is 11.1 Å². The van der Waals surface area contributed by atoms with E-state index in [1.807, 2.05) is 75.4 Å². The third-order valence-corrected chi connectivity index (χ3v) is 5.93. The van der Waals surface area contributed by atoms with E-state index in [0.717, 1.165) is 5.56 Å². The van der Waals surface area contributed by atoms with E-state index >= 15 is 0 Å². The molecule has 0 amide bonds. The van der Waals surface area contributed by atoms with Crippen LogP contribution in [0, 0.1) is 0 Å². The van der Waals surface area contributed by atoms with Gasteiger partial charge in [-0.1, -0.05) is 60.7 Å². The van der Waals surface area contributed by atoms with Crippen molar-refractivity contribution in [2.45, 2.75) is 58.3 Å². The molecule has 3 rings (SSSR count). The van der Waals surface area contributed by atoms with Crippen molar-refractivity contribution in [3.8, 4) is 11.5 Å². The van der Waals surface area contributed by atoms with Gasteiger partial charge in [-0.15, -0.1) is 0 Å². The normalized spacial score (nSPS) is 13.2. The van der Waals surface area contributed by atoms with Crippen molar-refractivity contribution in [3.63, 3.8) is 0 Å². The SMILES string of the molecule is COc1cc(OC)cc([C@H](CC(=O)OC(C)(C)C)N(Cc2ccccc2)[C@@H](C)c2ccccc2)c1. The van der Waals surface area contributed by atoms with E-state index in [9.17, 15) is 4.79 Å². The average molecular weight is 476 g/mol. The maximum absolute atomic E-state index is 13.2. The summed E-state index contributed by atoms with van der Waals surface area (Å²) in [5.74, 6) is 1.11. The van der Waals surface area contributed by atoms with Crippen molar-refractivity contribution in [3.05, 3.63) is 95.6 Å². The number of carbonyl (C=O) groups excluding carboxylic acids is 1. The zero-order valence-electron chi connectivity index (χ0n) is 21.7. The summed E-state index contributed by atoms with van der Waals surface area (Å²) in [4.78, 5) is 15.5. The molecule has 0 bridgehead atoms. The van der Waals surface area contributed by atoms with E-state index in [0.29, 0.717) is 18.0 Å². The van der Waals surface area contributed by atoms with Crippen LogP contribution in [0.5, 0.6) is 11.5 Å². The number of hydrogen-bond donors (Lipinski definition) is 0. The van der Waals surface area contributed by atoms with Gasteiger partial charge < -0.3 is 14.2 Å². The molecule has 0 saturated heterocycles. The summed E-state index contributed by atoms with van der Waals surface area (Å²) in [6.07, 6.45) is 0.192. The van der Waals surface area contributed by atoms with Crippen LogP contribution in [0.15, 0.2) is 78.9 Å². The molecule has 3 aromatic carbocycles. The van der Waals surface area contributed by atoms with Crippen LogP contribution in [0.2, 0.25) is 0 Å². The van der Waals surface area contributed by atoms with Crippen LogP contribution in [0.4, 0.5) is 0 Å². The Balaban J connectivity index is 2.11. The van der Waals surface area contributed by atoms with E-state index in [-0.39, 0.29) is 24.5 Å². The molecule has 35 heavy (non-hydrogen) atoms. The zero-order chi connectivity index (χ0) is 25.4. The number of carbonyl (C=O) groups is 1. The first-order valence-electron chi connectivity index (χ1n) is 12.0. The Kier molecular flexibility index (Phi) is 8.94. The van der Waals surface area contributed by atoms with Gasteiger partial charge in [0, 0.05) is 24.7 Å². The molecule has 5 nitrogen and oxygen atoms in total. The molecule has 0 aliphatic rings. The Bertz CT molecular complexity index is 1050. The van der Waals surface area contributed by atoms with Crippen LogP contribution in [0.1, 0.15) is 62.9 Å². The van der Waals surface area contributed by atoms with Crippen LogP contribution in [0.25, 0.3) is 0 Å². The molecular formula is C30H37NO4. The lowest BCUT2D eigenvalue weighted by atomic mass is 9.96. The quantitative estimate of drug-likeness (QED) is 0.304. The Morgan fingerprint density at radius 2 is 1.37 bits per heavy atom. The van der Waals surface area contributed by atoms with Crippen molar-refractivity contribution in [1.29, 1.82) is 0 Å². The monoisotopic (exact) mass is 475 g/mol. The number of ether oxygens (including phenoxy) is 3. The van der Waals surface area contributed by atoms with Gasteiger partial charge in [0.2, 0.25) is 0 Å². The van der Waals surface area contributed by atoms with Crippen LogP contribution in [-0.4, -0.2) is 30.7 Å². The molecule has 0 spiro atoms. The van der Waals surface area contributed by atoms with Gasteiger partial charge in [-0.05, 0) is 56.5 Å². The van der Waals surface area contributed by atoms with Crippen molar-refractivity contribution >= 4 is 5.97 Å². The van der Waals surface area contributed by atoms with Gasteiger partial charge in [-0.3, -0.25) is 9.69 Å². The fourth-order valence-electron chi connectivity index (χ4n) is 4.22. The molecule has 0 aromatic heterocycles. The van der Waals surface area contributed by atoms with Gasteiger partial charge in [0.05, 0.1) is 20.6 Å². The molecule has 0 saturated carbocycles. The highest BCUT2D eigenvalue weighted by Crippen LogP contribution is 2.38. The molecule has 0 unspecified atom stereocenters.